The number of ether oxygens (including phenoxy) is 29. The van der Waals surface area contributed by atoms with Gasteiger partial charge in [-0.3, -0.25) is 28.8 Å². The summed E-state index contributed by atoms with van der Waals surface area (Å²) in [5.74, 6) is -0.845. The van der Waals surface area contributed by atoms with Crippen LogP contribution in [0.25, 0.3) is 44.5 Å². The number of H-pyrrole nitrogens is 1. The summed E-state index contributed by atoms with van der Waals surface area (Å²) in [6, 6.07) is 19.6. The molecule has 0 spiro atoms. The van der Waals surface area contributed by atoms with Crippen LogP contribution in [0.1, 0.15) is 50.7 Å². The lowest BCUT2D eigenvalue weighted by molar-refractivity contribution is -0.132. The molecule has 1 aliphatic carbocycles. The zero-order valence-corrected chi connectivity index (χ0v) is 87.2. The summed E-state index contributed by atoms with van der Waals surface area (Å²) in [6.45, 7) is 23.4. The van der Waals surface area contributed by atoms with Crippen LogP contribution in [0, 0.1) is 0 Å². The van der Waals surface area contributed by atoms with Gasteiger partial charge in [0, 0.05) is 108 Å². The fourth-order valence-corrected chi connectivity index (χ4v) is 13.4. The van der Waals surface area contributed by atoms with Crippen molar-refractivity contribution in [2.75, 3.05) is 408 Å². The van der Waals surface area contributed by atoms with E-state index in [-0.39, 0.29) is 178 Å². The van der Waals surface area contributed by atoms with Crippen LogP contribution in [0.4, 0.5) is 11.6 Å². The molecule has 149 heavy (non-hydrogen) atoms. The van der Waals surface area contributed by atoms with E-state index in [9.17, 15) is 28.8 Å². The highest BCUT2D eigenvalue weighted by Crippen LogP contribution is 2.34. The van der Waals surface area contributed by atoms with Crippen LogP contribution in [0.2, 0.25) is 0 Å². The van der Waals surface area contributed by atoms with Crippen molar-refractivity contribution in [3.63, 3.8) is 0 Å². The SMILES string of the molecule is CCN(CC)c1ccc2nc3c4cc(OCC(=O)NC(COCCC(=O)NCCOCCOCCOCCOC)(COCCC(=O)NCCOCCOCCOCCOCCOCCOCCOCCOC)COCCC(=O)NCCOCCOCCOCCOCCOCCOCCOCCOCCOCCOCCOCCOCCC(=O)NCc5ccc(COc6nc(N)nc7[nH]cnc67)cc5)ccc4c(=O)cc-3oc2c1. The third-order valence-corrected chi connectivity index (χ3v) is 21.1. The maximum atomic E-state index is 14.4. The van der Waals surface area contributed by atoms with Crippen molar-refractivity contribution in [2.45, 2.75) is 58.2 Å². The summed E-state index contributed by atoms with van der Waals surface area (Å²) in [5, 5.41) is 15.2. The molecule has 48 nitrogen and oxygen atoms in total. The van der Waals surface area contributed by atoms with E-state index in [1.165, 1.54) is 12.4 Å². The number of methoxy groups -OCH3 is 2. The molecule has 1 aliphatic heterocycles. The molecule has 840 valence electrons. The number of hydrogen-bond acceptors (Lipinski definition) is 42. The van der Waals surface area contributed by atoms with Gasteiger partial charge in [0.15, 0.2) is 34.5 Å². The number of nitrogens with zero attached hydrogens (tertiary/aromatic N) is 5. The molecule has 1 atom stereocenters. The summed E-state index contributed by atoms with van der Waals surface area (Å²) >= 11 is 0. The van der Waals surface area contributed by atoms with Crippen LogP contribution >= 0.6 is 0 Å². The smallest absolute Gasteiger partial charge is 0.258 e. The number of carbonyl (C=O) groups is 5. The van der Waals surface area contributed by atoms with Gasteiger partial charge in [-0.25, -0.2) is 9.97 Å². The second kappa shape index (κ2) is 85.1. The number of rotatable bonds is 102. The molecule has 5 aromatic rings. The number of benzene rings is 4. The standard InChI is InChI=1S/C101H160N12O36/c1-5-113(6-2)83-11-14-87-89(71-83)149-90-73-88(114)85-13-12-84(72-86(85)96(90)109-87)147-76-95(119)112-101(77-144-23-16-91(115)103-19-26-123-34-38-129-43-41-126-31-29-120-3,78-145-24-17-92(116)104-20-27-124-35-39-130-46-49-134-54-57-138-60-59-136-52-51-132-44-42-127-32-30-121-4)79-146-25-18-93(117)105-21-28-125-36-40-131-47-50-135-55-58-139-62-64-141-66-68-143-70-69-142-67-65-140-63-61-137-56-53-133-48-45-128-37-33-122-22-15-94(118)106-74-81-7-9-82(10-8-81)75-148-99-97-98(108-80-107-97)110-100(102)111-99/h7-14,71-73,80H,5-6,15-70,74-79H2,1-4H3,(H,103,115)(H,104,116)(H,105,117)(H,106,118)(H,112,119)(H3,102,107,108,110,111). The molecule has 3 heterocycles. The zero-order valence-electron chi connectivity index (χ0n) is 87.2. The number of anilines is 2. The Morgan fingerprint density at radius 1 is 0.369 bits per heavy atom. The van der Waals surface area contributed by atoms with Gasteiger partial charge in [-0.15, -0.1) is 0 Å². The molecular formula is C101H160N12O36. The predicted molar refractivity (Wildman–Crippen MR) is 545 cm³/mol. The quantitative estimate of drug-likeness (QED) is 0.0163. The van der Waals surface area contributed by atoms with Gasteiger partial charge in [0.2, 0.25) is 35.5 Å². The third-order valence-electron chi connectivity index (χ3n) is 21.1. The van der Waals surface area contributed by atoms with Crippen LogP contribution in [-0.2, 0) is 165 Å². The number of nitrogens with one attached hydrogen (secondary N) is 6. The van der Waals surface area contributed by atoms with E-state index in [4.69, 9.17) is 153 Å². The number of imidazole rings is 1. The van der Waals surface area contributed by atoms with E-state index in [0.29, 0.717) is 315 Å². The molecule has 0 saturated carbocycles. The lowest BCUT2D eigenvalue weighted by Crippen LogP contribution is -2.59. The molecule has 2 aromatic heterocycles. The lowest BCUT2D eigenvalue weighted by atomic mass is 10.0. The summed E-state index contributed by atoms with van der Waals surface area (Å²) in [5.41, 5.74) is 9.28. The molecule has 7 rings (SSSR count). The molecule has 1 unspecified atom stereocenters. The summed E-state index contributed by atoms with van der Waals surface area (Å²) in [7, 11) is 3.23. The maximum absolute atomic E-state index is 14.4. The second-order valence-corrected chi connectivity index (χ2v) is 32.6. The van der Waals surface area contributed by atoms with Crippen LogP contribution in [0.15, 0.2) is 82.3 Å². The highest BCUT2D eigenvalue weighted by Gasteiger charge is 2.35. The van der Waals surface area contributed by atoms with Gasteiger partial charge in [-0.1, -0.05) is 24.3 Å². The molecule has 0 bridgehead atoms. The van der Waals surface area contributed by atoms with Crippen LogP contribution in [0.5, 0.6) is 11.6 Å². The molecule has 48 heteroatoms. The molecular weight excluding hydrogens is 1960 g/mol. The summed E-state index contributed by atoms with van der Waals surface area (Å²) in [4.78, 5) is 102. The number of nitrogens with two attached hydrogens (primary N) is 1. The van der Waals surface area contributed by atoms with Gasteiger partial charge in [0.1, 0.15) is 29.1 Å². The average molecular weight is 2120 g/mol. The summed E-state index contributed by atoms with van der Waals surface area (Å²) < 4.78 is 169. The van der Waals surface area contributed by atoms with Crippen molar-refractivity contribution in [3.05, 3.63) is 94.4 Å². The summed E-state index contributed by atoms with van der Waals surface area (Å²) in [6.07, 6.45) is 1.51. The van der Waals surface area contributed by atoms with E-state index in [0.717, 1.165) is 29.9 Å². The minimum absolute atomic E-state index is 0.0687. The van der Waals surface area contributed by atoms with Crippen molar-refractivity contribution < 1.29 is 166 Å². The molecule has 8 N–H and O–H groups in total. The molecule has 2 aliphatic rings. The molecule has 5 amide bonds. The number of aromatic nitrogens is 5. The third kappa shape index (κ3) is 60.6. The Labute approximate surface area is 871 Å². The number of nitrogen functional groups attached to an aromatic ring is 1. The van der Waals surface area contributed by atoms with E-state index in [1.54, 1.807) is 32.4 Å². The largest absolute Gasteiger partial charge is 0.484 e. The van der Waals surface area contributed by atoms with Crippen molar-refractivity contribution in [1.29, 1.82) is 0 Å². The van der Waals surface area contributed by atoms with E-state index < -0.39 is 18.1 Å². The maximum Gasteiger partial charge on any atom is 0.258 e. The topological polar surface area (TPSA) is 540 Å². The van der Waals surface area contributed by atoms with Crippen LogP contribution in [0.3, 0.4) is 0 Å². The molecule has 3 aromatic carbocycles. The first kappa shape index (κ1) is 126. The van der Waals surface area contributed by atoms with Gasteiger partial charge >= 0.3 is 0 Å². The number of amides is 5. The number of aromatic amines is 1. The Hall–Kier alpha value is -9.44. The van der Waals surface area contributed by atoms with Crippen LogP contribution in [-0.4, -0.2) is 457 Å². The number of fused-ring (bicyclic) bond motifs is 5. The average Bonchev–Trinajstić information content (AvgIpc) is 1.51. The van der Waals surface area contributed by atoms with Crippen molar-refractivity contribution in [1.82, 2.24) is 51.5 Å². The van der Waals surface area contributed by atoms with Crippen molar-refractivity contribution in [3.8, 4) is 23.1 Å². The fraction of sp³-hybridized carbons (Fsp3) is 0.683. The van der Waals surface area contributed by atoms with Crippen molar-refractivity contribution >= 4 is 74.2 Å². The Kier molecular flexibility index (Phi) is 72.2. The highest BCUT2D eigenvalue weighted by molar-refractivity contribution is 5.97. The fourth-order valence-electron chi connectivity index (χ4n) is 13.4. The van der Waals surface area contributed by atoms with Gasteiger partial charge in [0.25, 0.3) is 5.91 Å². The highest BCUT2D eigenvalue weighted by atomic mass is 16.6. The number of hydrogen-bond donors (Lipinski definition) is 7. The lowest BCUT2D eigenvalue weighted by Gasteiger charge is -2.34. The minimum atomic E-state index is -1.50. The van der Waals surface area contributed by atoms with Gasteiger partial charge in [-0.2, -0.15) is 9.97 Å². The Balaban J connectivity index is 0.705. The normalized spacial score (nSPS) is 12.0. The van der Waals surface area contributed by atoms with Gasteiger partial charge < -0.3 is 184 Å². The van der Waals surface area contributed by atoms with E-state index in [1.807, 2.05) is 42.5 Å². The molecule has 0 radical (unpaired) electrons. The Morgan fingerprint density at radius 3 is 1.11 bits per heavy atom. The van der Waals surface area contributed by atoms with E-state index >= 15 is 0 Å². The first-order chi connectivity index (χ1) is 73.3. The zero-order chi connectivity index (χ0) is 106. The number of carbonyl (C=O) groups excluding carboxylic acids is 5. The Bertz CT molecular complexity index is 4590. The predicted octanol–water partition coefficient (Wildman–Crippen LogP) is 3.29. The van der Waals surface area contributed by atoms with Gasteiger partial charge in [0.05, 0.1) is 350 Å². The van der Waals surface area contributed by atoms with Crippen LogP contribution < -0.4 is 52.1 Å². The first-order valence-corrected chi connectivity index (χ1v) is 50.9. The minimum Gasteiger partial charge on any atom is -0.484 e. The van der Waals surface area contributed by atoms with Crippen molar-refractivity contribution in [2.24, 2.45) is 0 Å². The first-order valence-electron chi connectivity index (χ1n) is 50.9. The Morgan fingerprint density at radius 2 is 0.725 bits per heavy atom. The van der Waals surface area contributed by atoms with Gasteiger partial charge in [-0.05, 0) is 55.3 Å². The molecule has 0 saturated heterocycles. The van der Waals surface area contributed by atoms with E-state index in [2.05, 4.69) is 65.3 Å². The molecule has 0 fully saturated rings. The second-order valence-electron chi connectivity index (χ2n) is 32.6. The monoisotopic (exact) mass is 2120 g/mol.